The topological polar surface area (TPSA) is 54.9 Å². The van der Waals surface area contributed by atoms with Gasteiger partial charge in [-0.3, -0.25) is 0 Å². The molecule has 3 heterocycles. The number of pyridine rings is 1. The minimum atomic E-state index is -4.53. The maximum atomic E-state index is 13.3. The van der Waals surface area contributed by atoms with Crippen LogP contribution in [0.3, 0.4) is 0 Å². The lowest BCUT2D eigenvalue weighted by molar-refractivity contribution is -0.138. The van der Waals surface area contributed by atoms with E-state index < -0.39 is 23.4 Å². The number of carbonyl (C=O) groups excluding carboxylic acids is 1. The summed E-state index contributed by atoms with van der Waals surface area (Å²) >= 11 is 0. The second-order valence-corrected chi connectivity index (χ2v) is 7.89. The molecule has 150 valence electrons. The number of piperazine rings is 1. The molecule has 2 unspecified atom stereocenters. The van der Waals surface area contributed by atoms with Crippen molar-refractivity contribution in [3.05, 3.63) is 17.8 Å². The zero-order valence-corrected chi connectivity index (χ0v) is 15.8. The number of nitrogens with zero attached hydrogens (tertiary/aromatic N) is 3. The highest BCUT2D eigenvalue weighted by Gasteiger charge is 2.45. The van der Waals surface area contributed by atoms with E-state index in [1.54, 1.807) is 25.7 Å². The molecule has 3 rings (SSSR count). The minimum Gasteiger partial charge on any atom is -0.492 e. The second-order valence-electron chi connectivity index (χ2n) is 7.89. The smallest absolute Gasteiger partial charge is 0.420 e. The third-order valence-electron chi connectivity index (χ3n) is 4.77. The van der Waals surface area contributed by atoms with E-state index in [2.05, 4.69) is 4.98 Å². The summed E-state index contributed by atoms with van der Waals surface area (Å²) < 4.78 is 50.5. The van der Waals surface area contributed by atoms with Gasteiger partial charge in [0.2, 0.25) is 0 Å². The van der Waals surface area contributed by atoms with Gasteiger partial charge in [-0.15, -0.1) is 0 Å². The molecule has 9 heteroatoms. The molecule has 2 saturated heterocycles. The molecule has 2 aliphatic heterocycles. The number of halogens is 3. The summed E-state index contributed by atoms with van der Waals surface area (Å²) in [5.74, 6) is -0.0868. The van der Waals surface area contributed by atoms with Crippen molar-refractivity contribution in [1.82, 2.24) is 9.88 Å². The highest BCUT2D eigenvalue weighted by molar-refractivity contribution is 5.69. The maximum Gasteiger partial charge on any atom is 0.420 e. The molecule has 1 aromatic rings. The van der Waals surface area contributed by atoms with Crippen molar-refractivity contribution in [2.24, 2.45) is 0 Å². The fourth-order valence-corrected chi connectivity index (χ4v) is 3.77. The van der Waals surface area contributed by atoms with Gasteiger partial charge in [0.25, 0.3) is 0 Å². The van der Waals surface area contributed by atoms with Crippen molar-refractivity contribution in [3.63, 3.8) is 0 Å². The third kappa shape index (κ3) is 3.91. The van der Waals surface area contributed by atoms with Crippen molar-refractivity contribution in [1.29, 1.82) is 0 Å². The number of ether oxygens (including phenoxy) is 2. The molecule has 0 aromatic carbocycles. The Bertz CT molecular complexity index is 704. The fraction of sp³-hybridized carbons (Fsp3) is 0.667. The first-order chi connectivity index (χ1) is 12.5. The van der Waals surface area contributed by atoms with Gasteiger partial charge in [0, 0.05) is 31.4 Å². The Morgan fingerprint density at radius 2 is 1.78 bits per heavy atom. The highest BCUT2D eigenvalue weighted by Crippen LogP contribution is 2.44. The normalized spacial score (nSPS) is 22.8. The summed E-state index contributed by atoms with van der Waals surface area (Å²) in [6, 6.07) is 0.670. The van der Waals surface area contributed by atoms with E-state index in [1.807, 2.05) is 4.90 Å². The maximum absolute atomic E-state index is 13.3. The van der Waals surface area contributed by atoms with Crippen molar-refractivity contribution >= 4 is 11.9 Å². The molecule has 1 aromatic heterocycles. The number of carbonyl (C=O) groups is 1. The quantitative estimate of drug-likeness (QED) is 0.775. The summed E-state index contributed by atoms with van der Waals surface area (Å²) in [5, 5.41) is 0. The van der Waals surface area contributed by atoms with Crippen LogP contribution < -0.4 is 9.64 Å². The van der Waals surface area contributed by atoms with E-state index in [4.69, 9.17) is 9.47 Å². The Hall–Kier alpha value is -2.19. The molecular weight excluding hydrogens is 363 g/mol. The van der Waals surface area contributed by atoms with Crippen molar-refractivity contribution in [2.75, 3.05) is 25.1 Å². The zero-order chi connectivity index (χ0) is 20.0. The van der Waals surface area contributed by atoms with Gasteiger partial charge < -0.3 is 19.3 Å². The van der Waals surface area contributed by atoms with Crippen LogP contribution in [-0.2, 0) is 10.9 Å². The van der Waals surface area contributed by atoms with Crippen molar-refractivity contribution in [2.45, 2.75) is 57.5 Å². The Balaban J connectivity index is 1.86. The van der Waals surface area contributed by atoms with E-state index in [-0.39, 0.29) is 23.7 Å². The van der Waals surface area contributed by atoms with Crippen LogP contribution in [0.15, 0.2) is 12.3 Å². The summed E-state index contributed by atoms with van der Waals surface area (Å²) in [5.41, 5.74) is -1.44. The Kier molecular flexibility index (Phi) is 4.90. The van der Waals surface area contributed by atoms with Crippen LogP contribution in [0.5, 0.6) is 5.75 Å². The van der Waals surface area contributed by atoms with E-state index >= 15 is 0 Å². The molecule has 1 amide bonds. The first-order valence-corrected chi connectivity index (χ1v) is 8.87. The predicted octanol–water partition coefficient (Wildman–Crippen LogP) is 3.70. The van der Waals surface area contributed by atoms with E-state index in [0.717, 1.165) is 25.1 Å². The number of alkyl halides is 3. The Morgan fingerprint density at radius 1 is 1.19 bits per heavy atom. The van der Waals surface area contributed by atoms with Gasteiger partial charge in [-0.2, -0.15) is 13.2 Å². The molecule has 2 aliphatic rings. The van der Waals surface area contributed by atoms with Gasteiger partial charge in [-0.1, -0.05) is 0 Å². The molecule has 0 aliphatic carbocycles. The van der Waals surface area contributed by atoms with E-state index in [9.17, 15) is 18.0 Å². The number of hydrogen-bond acceptors (Lipinski definition) is 5. The Morgan fingerprint density at radius 3 is 2.26 bits per heavy atom. The zero-order valence-electron chi connectivity index (χ0n) is 15.8. The van der Waals surface area contributed by atoms with Gasteiger partial charge in [0.1, 0.15) is 11.2 Å². The van der Waals surface area contributed by atoms with E-state index in [0.29, 0.717) is 13.1 Å². The van der Waals surface area contributed by atoms with Crippen LogP contribution in [0.2, 0.25) is 0 Å². The average Bonchev–Trinajstić information content (AvgIpc) is 2.80. The first kappa shape index (κ1) is 19.6. The molecule has 0 spiro atoms. The Labute approximate surface area is 156 Å². The van der Waals surface area contributed by atoms with Crippen LogP contribution in [-0.4, -0.2) is 53.9 Å². The number of rotatable bonds is 2. The number of aromatic nitrogens is 1. The number of likely N-dealkylation sites (tertiary alicyclic amines) is 1. The van der Waals surface area contributed by atoms with Gasteiger partial charge in [-0.25, -0.2) is 9.78 Å². The second kappa shape index (κ2) is 6.76. The molecule has 2 atom stereocenters. The highest BCUT2D eigenvalue weighted by atomic mass is 19.4. The lowest BCUT2D eigenvalue weighted by Crippen LogP contribution is -2.56. The van der Waals surface area contributed by atoms with Crippen LogP contribution in [0.4, 0.5) is 23.8 Å². The number of hydrogen-bond donors (Lipinski definition) is 0. The summed E-state index contributed by atoms with van der Waals surface area (Å²) in [4.78, 5) is 20.1. The van der Waals surface area contributed by atoms with Gasteiger partial charge in [0.05, 0.1) is 7.11 Å². The third-order valence-corrected chi connectivity index (χ3v) is 4.77. The van der Waals surface area contributed by atoms with Crippen LogP contribution >= 0.6 is 0 Å². The number of fused-ring (bicyclic) bond motifs is 2. The fourth-order valence-electron chi connectivity index (χ4n) is 3.77. The van der Waals surface area contributed by atoms with Crippen molar-refractivity contribution < 1.29 is 27.4 Å². The van der Waals surface area contributed by atoms with Crippen LogP contribution in [0, 0.1) is 0 Å². The monoisotopic (exact) mass is 387 g/mol. The largest absolute Gasteiger partial charge is 0.492 e. The standard InChI is InChI=1S/C18H24F3N3O3/c1-17(2,3)27-16(25)23-9-11-5-6-12(10-23)24(11)15-14(26-4)13(7-8-22-15)18(19,20)21/h7-8,11-12H,5-6,9-10H2,1-4H3. The predicted molar refractivity (Wildman–Crippen MR) is 92.9 cm³/mol. The lowest BCUT2D eigenvalue weighted by Gasteiger charge is -2.42. The van der Waals surface area contributed by atoms with Gasteiger partial charge in [0.15, 0.2) is 11.6 Å². The molecule has 0 N–H and O–H groups in total. The van der Waals surface area contributed by atoms with Gasteiger partial charge in [-0.05, 0) is 39.7 Å². The summed E-state index contributed by atoms with van der Waals surface area (Å²) in [6.07, 6.45) is -2.24. The summed E-state index contributed by atoms with van der Waals surface area (Å²) in [6.45, 7) is 6.16. The molecule has 2 fully saturated rings. The van der Waals surface area contributed by atoms with Crippen LogP contribution in [0.25, 0.3) is 0 Å². The average molecular weight is 387 g/mol. The number of amides is 1. The molecule has 2 bridgehead atoms. The van der Waals surface area contributed by atoms with Crippen LogP contribution in [0.1, 0.15) is 39.2 Å². The number of anilines is 1. The first-order valence-electron chi connectivity index (χ1n) is 8.87. The van der Waals surface area contributed by atoms with Crippen molar-refractivity contribution in [3.8, 4) is 5.75 Å². The molecular formula is C18H24F3N3O3. The lowest BCUT2D eigenvalue weighted by atomic mass is 10.1. The molecule has 0 saturated carbocycles. The van der Waals surface area contributed by atoms with E-state index in [1.165, 1.54) is 7.11 Å². The summed E-state index contributed by atoms with van der Waals surface area (Å²) in [7, 11) is 1.22. The molecule has 27 heavy (non-hydrogen) atoms. The SMILES string of the molecule is COc1c(C(F)(F)F)ccnc1N1C2CCC1CN(C(=O)OC(C)(C)C)C2. The number of methoxy groups -OCH3 is 1. The van der Waals surface area contributed by atoms with Gasteiger partial charge >= 0.3 is 12.3 Å². The molecule has 0 radical (unpaired) electrons. The minimum absolute atomic E-state index is 0.124. The molecule has 6 nitrogen and oxygen atoms in total.